The number of imide groups is 1. The highest BCUT2D eigenvalue weighted by Gasteiger charge is 2.39. The summed E-state index contributed by atoms with van der Waals surface area (Å²) in [5.41, 5.74) is 3.55. The molecule has 2 fully saturated rings. The van der Waals surface area contributed by atoms with Crippen molar-refractivity contribution in [1.29, 1.82) is 0 Å². The first-order chi connectivity index (χ1) is 17.1. The predicted octanol–water partition coefficient (Wildman–Crippen LogP) is 3.30. The molecule has 8 nitrogen and oxygen atoms in total. The van der Waals surface area contributed by atoms with E-state index < -0.39 is 0 Å². The minimum atomic E-state index is -0.313. The molecule has 6 rings (SSSR count). The molecule has 3 aliphatic rings. The molecule has 0 spiro atoms. The molecule has 0 bridgehead atoms. The number of piperidine rings is 1. The van der Waals surface area contributed by atoms with Crippen LogP contribution in [0, 0.1) is 0 Å². The van der Waals surface area contributed by atoms with Crippen molar-refractivity contribution >= 4 is 28.6 Å². The van der Waals surface area contributed by atoms with Gasteiger partial charge in [0.2, 0.25) is 11.8 Å². The van der Waals surface area contributed by atoms with E-state index in [4.69, 9.17) is 4.74 Å². The standard InChI is InChI=1S/C27H26N4O4/c32-25-7-2-8-26(33)31(25)30-16-19-14-20(9-10-23(19)27(30)34)35-21-11-13-29(17-21)15-18-4-1-6-24-22(18)5-3-12-28-24/h1,3-6,9-10,12,14,21H,2,7-8,11,13,15-17H2/t21-/m0/s1. The number of hydrogen-bond donors (Lipinski definition) is 0. The lowest BCUT2D eigenvalue weighted by atomic mass is 10.1. The molecule has 1 aromatic heterocycles. The summed E-state index contributed by atoms with van der Waals surface area (Å²) in [6.07, 6.45) is 3.90. The number of carbonyl (C=O) groups is 3. The molecule has 2 saturated heterocycles. The van der Waals surface area contributed by atoms with E-state index in [9.17, 15) is 14.4 Å². The highest BCUT2D eigenvalue weighted by Crippen LogP contribution is 2.31. The number of likely N-dealkylation sites (tertiary alicyclic amines) is 1. The first-order valence-corrected chi connectivity index (χ1v) is 12.1. The Kier molecular flexibility index (Phi) is 5.45. The summed E-state index contributed by atoms with van der Waals surface area (Å²) >= 11 is 0. The predicted molar refractivity (Wildman–Crippen MR) is 128 cm³/mol. The maximum absolute atomic E-state index is 12.9. The Morgan fingerprint density at radius 1 is 1.00 bits per heavy atom. The Morgan fingerprint density at radius 2 is 1.86 bits per heavy atom. The zero-order valence-electron chi connectivity index (χ0n) is 19.4. The first-order valence-electron chi connectivity index (χ1n) is 12.1. The molecule has 0 aliphatic carbocycles. The van der Waals surface area contributed by atoms with E-state index in [1.54, 1.807) is 12.1 Å². The lowest BCUT2D eigenvalue weighted by molar-refractivity contribution is -0.163. The monoisotopic (exact) mass is 470 g/mol. The van der Waals surface area contributed by atoms with Crippen molar-refractivity contribution in [3.05, 3.63) is 71.4 Å². The molecule has 0 N–H and O–H groups in total. The van der Waals surface area contributed by atoms with Crippen LogP contribution in [0.4, 0.5) is 0 Å². The zero-order valence-corrected chi connectivity index (χ0v) is 19.4. The van der Waals surface area contributed by atoms with E-state index in [1.165, 1.54) is 16.0 Å². The van der Waals surface area contributed by atoms with Gasteiger partial charge in [-0.1, -0.05) is 18.2 Å². The summed E-state index contributed by atoms with van der Waals surface area (Å²) in [6.45, 7) is 2.80. The van der Waals surface area contributed by atoms with Gasteiger partial charge in [0.1, 0.15) is 11.9 Å². The average Bonchev–Trinajstić information content (AvgIpc) is 3.43. The molecule has 3 aromatic rings. The Morgan fingerprint density at radius 3 is 2.71 bits per heavy atom. The first kappa shape index (κ1) is 21.7. The van der Waals surface area contributed by atoms with Crippen molar-refractivity contribution in [2.45, 2.75) is 44.9 Å². The van der Waals surface area contributed by atoms with Gasteiger partial charge in [-0.05, 0) is 54.3 Å². The molecular weight excluding hydrogens is 444 g/mol. The summed E-state index contributed by atoms with van der Waals surface area (Å²) in [7, 11) is 0. The second kappa shape index (κ2) is 8.78. The fourth-order valence-corrected chi connectivity index (χ4v) is 5.30. The van der Waals surface area contributed by atoms with Crippen LogP contribution < -0.4 is 4.74 Å². The fraction of sp³-hybridized carbons (Fsp3) is 0.333. The summed E-state index contributed by atoms with van der Waals surface area (Å²) in [4.78, 5) is 44.3. The number of fused-ring (bicyclic) bond motifs is 2. The summed E-state index contributed by atoms with van der Waals surface area (Å²) in [5, 5.41) is 3.48. The number of hydrogen-bond acceptors (Lipinski definition) is 6. The molecule has 0 radical (unpaired) electrons. The van der Waals surface area contributed by atoms with Gasteiger partial charge in [0.05, 0.1) is 12.1 Å². The van der Waals surface area contributed by atoms with Crippen LogP contribution in [0.2, 0.25) is 0 Å². The molecule has 8 heteroatoms. The molecule has 178 valence electrons. The number of carbonyl (C=O) groups excluding carboxylic acids is 3. The smallest absolute Gasteiger partial charge is 0.273 e. The van der Waals surface area contributed by atoms with Crippen LogP contribution >= 0.6 is 0 Å². The van der Waals surface area contributed by atoms with Crippen molar-refractivity contribution in [2.75, 3.05) is 13.1 Å². The molecule has 2 aromatic carbocycles. The highest BCUT2D eigenvalue weighted by atomic mass is 16.5. The summed E-state index contributed by atoms with van der Waals surface area (Å²) < 4.78 is 6.28. The van der Waals surface area contributed by atoms with Crippen LogP contribution in [-0.4, -0.2) is 56.8 Å². The van der Waals surface area contributed by atoms with Gasteiger partial charge in [-0.3, -0.25) is 24.3 Å². The second-order valence-electron chi connectivity index (χ2n) is 9.39. The fourth-order valence-electron chi connectivity index (χ4n) is 5.30. The Labute approximate surface area is 203 Å². The van der Waals surface area contributed by atoms with Gasteiger partial charge in [0.15, 0.2) is 0 Å². The Balaban J connectivity index is 1.12. The number of rotatable bonds is 5. The molecule has 35 heavy (non-hydrogen) atoms. The molecule has 0 saturated carbocycles. The third-order valence-electron chi connectivity index (χ3n) is 7.02. The number of aromatic nitrogens is 1. The van der Waals surface area contributed by atoms with E-state index in [0.29, 0.717) is 17.7 Å². The maximum atomic E-state index is 12.9. The zero-order chi connectivity index (χ0) is 23.9. The van der Waals surface area contributed by atoms with Crippen LogP contribution in [0.25, 0.3) is 10.9 Å². The highest BCUT2D eigenvalue weighted by molar-refractivity contribution is 6.04. The van der Waals surface area contributed by atoms with Gasteiger partial charge in [-0.15, -0.1) is 0 Å². The van der Waals surface area contributed by atoms with E-state index >= 15 is 0 Å². The van der Waals surface area contributed by atoms with Crippen molar-refractivity contribution in [2.24, 2.45) is 0 Å². The van der Waals surface area contributed by atoms with Gasteiger partial charge >= 0.3 is 0 Å². The van der Waals surface area contributed by atoms with Crippen molar-refractivity contribution in [3.8, 4) is 5.75 Å². The number of nitrogens with zero attached hydrogens (tertiary/aromatic N) is 4. The molecule has 3 aliphatic heterocycles. The van der Waals surface area contributed by atoms with Crippen molar-refractivity contribution in [1.82, 2.24) is 19.9 Å². The lowest BCUT2D eigenvalue weighted by Gasteiger charge is -2.32. The average molecular weight is 471 g/mol. The molecule has 0 unspecified atom stereocenters. The van der Waals surface area contributed by atoms with Crippen LogP contribution in [-0.2, 0) is 22.7 Å². The van der Waals surface area contributed by atoms with E-state index in [-0.39, 0.29) is 43.2 Å². The quantitative estimate of drug-likeness (QED) is 0.532. The van der Waals surface area contributed by atoms with Gasteiger partial charge in [0.25, 0.3) is 5.91 Å². The largest absolute Gasteiger partial charge is 0.489 e. The number of pyridine rings is 1. The van der Waals surface area contributed by atoms with E-state index in [2.05, 4.69) is 28.1 Å². The number of ether oxygens (including phenoxy) is 1. The van der Waals surface area contributed by atoms with Crippen LogP contribution in [0.15, 0.2) is 54.7 Å². The number of benzene rings is 2. The number of amides is 3. The van der Waals surface area contributed by atoms with Gasteiger partial charge in [0, 0.05) is 49.6 Å². The van der Waals surface area contributed by atoms with Gasteiger partial charge in [-0.25, -0.2) is 5.01 Å². The molecule has 3 amide bonds. The molecule has 1 atom stereocenters. The van der Waals surface area contributed by atoms with E-state index in [1.807, 2.05) is 24.4 Å². The molecular formula is C27H26N4O4. The van der Waals surface area contributed by atoms with Crippen LogP contribution in [0.5, 0.6) is 5.75 Å². The summed E-state index contributed by atoms with van der Waals surface area (Å²) in [6, 6.07) is 15.7. The molecule has 4 heterocycles. The summed E-state index contributed by atoms with van der Waals surface area (Å²) in [5.74, 6) is -0.235. The maximum Gasteiger partial charge on any atom is 0.273 e. The minimum Gasteiger partial charge on any atom is -0.489 e. The third-order valence-corrected chi connectivity index (χ3v) is 7.02. The van der Waals surface area contributed by atoms with Crippen LogP contribution in [0.1, 0.15) is 47.2 Å². The topological polar surface area (TPSA) is 83.1 Å². The van der Waals surface area contributed by atoms with Gasteiger partial charge in [-0.2, -0.15) is 5.01 Å². The van der Waals surface area contributed by atoms with Crippen LogP contribution in [0.3, 0.4) is 0 Å². The number of hydrazine groups is 1. The SMILES string of the molecule is O=C1c2ccc(O[C@H]3CCN(Cc4cccc5ncccc45)C3)cc2CN1N1C(=O)CCCC1=O. The second-order valence-corrected chi connectivity index (χ2v) is 9.39. The third kappa shape index (κ3) is 4.04. The van der Waals surface area contributed by atoms with Crippen molar-refractivity contribution < 1.29 is 19.1 Å². The Bertz CT molecular complexity index is 1320. The minimum absolute atomic E-state index is 0.0552. The lowest BCUT2D eigenvalue weighted by Crippen LogP contribution is -2.51. The van der Waals surface area contributed by atoms with Crippen molar-refractivity contribution in [3.63, 3.8) is 0 Å². The Hall–Kier alpha value is -3.78. The van der Waals surface area contributed by atoms with Gasteiger partial charge < -0.3 is 4.74 Å². The van der Waals surface area contributed by atoms with E-state index in [0.717, 1.165) is 42.1 Å². The normalized spacial score (nSPS) is 20.7.